The molecule has 0 bridgehead atoms. The summed E-state index contributed by atoms with van der Waals surface area (Å²) in [6.45, 7) is 8.47. The Morgan fingerprint density at radius 2 is 2.00 bits per heavy atom. The summed E-state index contributed by atoms with van der Waals surface area (Å²) in [5.74, 6) is 1.66. The second-order valence-electron chi connectivity index (χ2n) is 4.62. The predicted octanol–water partition coefficient (Wildman–Crippen LogP) is 3.09. The summed E-state index contributed by atoms with van der Waals surface area (Å²) in [4.78, 5) is 19.2. The van der Waals surface area contributed by atoms with Crippen molar-refractivity contribution in [3.8, 4) is 0 Å². The van der Waals surface area contributed by atoms with Gasteiger partial charge in [-0.15, -0.1) is 0 Å². The Kier molecular flexibility index (Phi) is 4.95. The van der Waals surface area contributed by atoms with Crippen LogP contribution in [0, 0.1) is 9.49 Å². The number of nitrogens with zero attached hydrogens (tertiary/aromatic N) is 1. The number of nitrogens with one attached hydrogen (secondary N) is 1. The molecule has 1 aromatic heterocycles. The summed E-state index contributed by atoms with van der Waals surface area (Å²) in [6.07, 6.45) is 1.86. The SMILES string of the molecule is CCC(C)c1nc(CC(C)C)c(I)c(=O)[nH]1. The zero-order valence-corrected chi connectivity index (χ0v) is 12.5. The van der Waals surface area contributed by atoms with Gasteiger partial charge in [0, 0.05) is 5.92 Å². The van der Waals surface area contributed by atoms with Gasteiger partial charge in [0.05, 0.1) is 9.26 Å². The number of aromatic amines is 1. The van der Waals surface area contributed by atoms with Gasteiger partial charge in [0.15, 0.2) is 0 Å². The lowest BCUT2D eigenvalue weighted by Gasteiger charge is -2.12. The second-order valence-corrected chi connectivity index (χ2v) is 5.70. The summed E-state index contributed by atoms with van der Waals surface area (Å²) in [6, 6.07) is 0. The fourth-order valence-corrected chi connectivity index (χ4v) is 1.95. The van der Waals surface area contributed by atoms with Crippen LogP contribution in [0.5, 0.6) is 0 Å². The van der Waals surface area contributed by atoms with Crippen molar-refractivity contribution in [2.45, 2.75) is 46.5 Å². The van der Waals surface area contributed by atoms with Gasteiger partial charge in [0.1, 0.15) is 5.82 Å². The van der Waals surface area contributed by atoms with Crippen molar-refractivity contribution in [3.63, 3.8) is 0 Å². The number of aromatic nitrogens is 2. The Hall–Kier alpha value is -0.390. The first-order valence-electron chi connectivity index (χ1n) is 5.74. The molecule has 0 aliphatic heterocycles. The molecule has 0 saturated heterocycles. The molecule has 1 N–H and O–H groups in total. The molecule has 1 atom stereocenters. The predicted molar refractivity (Wildman–Crippen MR) is 74.8 cm³/mol. The molecule has 0 fully saturated rings. The Morgan fingerprint density at radius 1 is 1.38 bits per heavy atom. The van der Waals surface area contributed by atoms with Crippen LogP contribution in [0.4, 0.5) is 0 Å². The Bertz CT molecular complexity index is 412. The third-order valence-electron chi connectivity index (χ3n) is 2.63. The maximum Gasteiger partial charge on any atom is 0.264 e. The molecular formula is C12H19IN2O. The molecule has 1 heterocycles. The molecule has 0 aromatic carbocycles. The van der Waals surface area contributed by atoms with Gasteiger partial charge < -0.3 is 4.98 Å². The van der Waals surface area contributed by atoms with Gasteiger partial charge in [-0.25, -0.2) is 4.98 Å². The maximum atomic E-state index is 11.8. The maximum absolute atomic E-state index is 11.8. The zero-order chi connectivity index (χ0) is 12.3. The zero-order valence-electron chi connectivity index (χ0n) is 10.3. The van der Waals surface area contributed by atoms with Gasteiger partial charge in [-0.2, -0.15) is 0 Å². The molecule has 0 amide bonds. The highest BCUT2D eigenvalue weighted by molar-refractivity contribution is 14.1. The van der Waals surface area contributed by atoms with E-state index in [0.29, 0.717) is 11.8 Å². The van der Waals surface area contributed by atoms with E-state index in [4.69, 9.17) is 0 Å². The molecule has 1 aromatic rings. The van der Waals surface area contributed by atoms with Gasteiger partial charge in [-0.1, -0.05) is 27.7 Å². The highest BCUT2D eigenvalue weighted by Crippen LogP contribution is 2.16. The van der Waals surface area contributed by atoms with E-state index >= 15 is 0 Å². The molecule has 0 radical (unpaired) electrons. The molecule has 0 spiro atoms. The van der Waals surface area contributed by atoms with Crippen molar-refractivity contribution in [2.75, 3.05) is 0 Å². The van der Waals surface area contributed by atoms with E-state index in [2.05, 4.69) is 60.3 Å². The van der Waals surface area contributed by atoms with Crippen molar-refractivity contribution >= 4 is 22.6 Å². The molecule has 90 valence electrons. The first-order valence-corrected chi connectivity index (χ1v) is 6.82. The third kappa shape index (κ3) is 3.30. The fourth-order valence-electron chi connectivity index (χ4n) is 1.47. The van der Waals surface area contributed by atoms with Crippen LogP contribution in [-0.2, 0) is 6.42 Å². The monoisotopic (exact) mass is 334 g/mol. The molecular weight excluding hydrogens is 315 g/mol. The van der Waals surface area contributed by atoms with Crippen LogP contribution in [-0.4, -0.2) is 9.97 Å². The molecule has 0 aliphatic rings. The van der Waals surface area contributed by atoms with E-state index in [1.807, 2.05) is 0 Å². The Morgan fingerprint density at radius 3 is 2.50 bits per heavy atom. The number of hydrogen-bond donors (Lipinski definition) is 1. The van der Waals surface area contributed by atoms with Gasteiger partial charge in [0.2, 0.25) is 0 Å². The fraction of sp³-hybridized carbons (Fsp3) is 0.667. The Labute approximate surface area is 110 Å². The average molecular weight is 334 g/mol. The standard InChI is InChI=1S/C12H19IN2O/c1-5-8(4)11-14-9(6-7(2)3)10(13)12(16)15-11/h7-8H,5-6H2,1-4H3,(H,14,15,16). The second kappa shape index (κ2) is 5.80. The summed E-state index contributed by atoms with van der Waals surface area (Å²) in [5, 5.41) is 0. The number of rotatable bonds is 4. The van der Waals surface area contributed by atoms with E-state index in [1.54, 1.807) is 0 Å². The van der Waals surface area contributed by atoms with E-state index in [1.165, 1.54) is 0 Å². The Balaban J connectivity index is 3.17. The molecule has 0 saturated carbocycles. The normalized spacial score (nSPS) is 13.1. The summed E-state index contributed by atoms with van der Waals surface area (Å²) < 4.78 is 0.735. The van der Waals surface area contributed by atoms with Crippen LogP contribution in [0.15, 0.2) is 4.79 Å². The van der Waals surface area contributed by atoms with Gasteiger partial charge in [-0.3, -0.25) is 4.79 Å². The number of H-pyrrole nitrogens is 1. The van der Waals surface area contributed by atoms with Crippen molar-refractivity contribution in [1.29, 1.82) is 0 Å². The van der Waals surface area contributed by atoms with E-state index in [0.717, 1.165) is 27.9 Å². The average Bonchev–Trinajstić information content (AvgIpc) is 2.22. The van der Waals surface area contributed by atoms with Crippen LogP contribution < -0.4 is 5.56 Å². The van der Waals surface area contributed by atoms with Crippen molar-refractivity contribution in [3.05, 3.63) is 25.4 Å². The van der Waals surface area contributed by atoms with Crippen LogP contribution in [0.25, 0.3) is 0 Å². The lowest BCUT2D eigenvalue weighted by molar-refractivity contribution is 0.610. The molecule has 0 aliphatic carbocycles. The van der Waals surface area contributed by atoms with E-state index < -0.39 is 0 Å². The molecule has 16 heavy (non-hydrogen) atoms. The summed E-state index contributed by atoms with van der Waals surface area (Å²) in [7, 11) is 0. The highest BCUT2D eigenvalue weighted by atomic mass is 127. The summed E-state index contributed by atoms with van der Waals surface area (Å²) in [5.41, 5.74) is 0.941. The first-order chi connectivity index (χ1) is 7.45. The van der Waals surface area contributed by atoms with Crippen LogP contribution >= 0.6 is 22.6 Å². The molecule has 4 heteroatoms. The molecule has 1 rings (SSSR count). The topological polar surface area (TPSA) is 45.8 Å². The van der Waals surface area contributed by atoms with Crippen molar-refractivity contribution < 1.29 is 0 Å². The smallest absolute Gasteiger partial charge is 0.264 e. The highest BCUT2D eigenvalue weighted by Gasteiger charge is 2.13. The van der Waals surface area contributed by atoms with E-state index in [9.17, 15) is 4.79 Å². The first kappa shape index (κ1) is 13.7. The quantitative estimate of drug-likeness (QED) is 0.860. The van der Waals surface area contributed by atoms with Crippen LogP contribution in [0.3, 0.4) is 0 Å². The third-order valence-corrected chi connectivity index (χ3v) is 3.74. The molecule has 1 unspecified atom stereocenters. The van der Waals surface area contributed by atoms with Crippen molar-refractivity contribution in [2.24, 2.45) is 5.92 Å². The minimum Gasteiger partial charge on any atom is -0.309 e. The number of hydrogen-bond acceptors (Lipinski definition) is 2. The van der Waals surface area contributed by atoms with Crippen molar-refractivity contribution in [1.82, 2.24) is 9.97 Å². The minimum atomic E-state index is 0.00144. The van der Waals surface area contributed by atoms with Crippen LogP contribution in [0.1, 0.15) is 51.6 Å². The lowest BCUT2D eigenvalue weighted by Crippen LogP contribution is -2.20. The van der Waals surface area contributed by atoms with Crippen LogP contribution in [0.2, 0.25) is 0 Å². The number of halogens is 1. The van der Waals surface area contributed by atoms with Gasteiger partial charge in [-0.05, 0) is 41.4 Å². The van der Waals surface area contributed by atoms with E-state index in [-0.39, 0.29) is 5.56 Å². The largest absolute Gasteiger partial charge is 0.309 e. The lowest BCUT2D eigenvalue weighted by atomic mass is 10.1. The molecule has 3 nitrogen and oxygen atoms in total. The van der Waals surface area contributed by atoms with Gasteiger partial charge >= 0.3 is 0 Å². The minimum absolute atomic E-state index is 0.00144. The summed E-state index contributed by atoms with van der Waals surface area (Å²) >= 11 is 2.08. The van der Waals surface area contributed by atoms with Gasteiger partial charge in [0.25, 0.3) is 5.56 Å².